The van der Waals surface area contributed by atoms with E-state index in [4.69, 9.17) is 5.73 Å². The number of amides is 1. The van der Waals surface area contributed by atoms with Gasteiger partial charge in [0.2, 0.25) is 5.91 Å². The summed E-state index contributed by atoms with van der Waals surface area (Å²) in [6.07, 6.45) is -2.47. The van der Waals surface area contributed by atoms with Gasteiger partial charge < -0.3 is 15.9 Å². The van der Waals surface area contributed by atoms with Crippen LogP contribution in [0.4, 0.5) is 0 Å². The Bertz CT molecular complexity index is 390. The number of rotatable bonds is 4. The molecule has 1 amide bonds. The molecule has 4 N–H and O–H groups in total. The van der Waals surface area contributed by atoms with E-state index in [1.165, 1.54) is 0 Å². The first-order valence-electron chi connectivity index (χ1n) is 5.13. The quantitative estimate of drug-likeness (QED) is 0.698. The number of hydrogen-bond donors (Lipinski definition) is 3. The van der Waals surface area contributed by atoms with Crippen LogP contribution >= 0.6 is 0 Å². The molecule has 4 nitrogen and oxygen atoms in total. The zero-order chi connectivity index (χ0) is 12.3. The number of aliphatic hydroxyl groups is 2. The van der Waals surface area contributed by atoms with E-state index in [0.717, 1.165) is 11.1 Å². The van der Waals surface area contributed by atoms with Gasteiger partial charge in [-0.1, -0.05) is 23.8 Å². The Morgan fingerprint density at radius 1 is 1.38 bits per heavy atom. The van der Waals surface area contributed by atoms with E-state index in [2.05, 4.69) is 0 Å². The SMILES string of the molecule is Cc1ccc(C(O)C(O)CC(N)=O)c(C)c1. The largest absolute Gasteiger partial charge is 0.390 e. The molecule has 0 bridgehead atoms. The van der Waals surface area contributed by atoms with Crippen LogP contribution in [-0.2, 0) is 4.79 Å². The van der Waals surface area contributed by atoms with Crippen molar-refractivity contribution in [2.24, 2.45) is 5.73 Å². The molecule has 0 aliphatic heterocycles. The molecule has 0 fully saturated rings. The molecular weight excluding hydrogens is 206 g/mol. The lowest BCUT2D eigenvalue weighted by molar-refractivity contribution is -0.121. The number of aryl methyl sites for hydroxylation is 2. The predicted octanol–water partition coefficient (Wildman–Crippen LogP) is 0.573. The van der Waals surface area contributed by atoms with Gasteiger partial charge in [0.15, 0.2) is 0 Å². The monoisotopic (exact) mass is 223 g/mol. The average Bonchev–Trinajstić information content (AvgIpc) is 2.15. The number of hydrogen-bond acceptors (Lipinski definition) is 3. The minimum atomic E-state index is -1.15. The van der Waals surface area contributed by atoms with Gasteiger partial charge >= 0.3 is 0 Å². The van der Waals surface area contributed by atoms with E-state index >= 15 is 0 Å². The number of primary amides is 1. The molecule has 0 radical (unpaired) electrons. The zero-order valence-electron chi connectivity index (χ0n) is 9.47. The number of aliphatic hydroxyl groups excluding tert-OH is 2. The van der Waals surface area contributed by atoms with Crippen LogP contribution in [0.5, 0.6) is 0 Å². The highest BCUT2D eigenvalue weighted by Crippen LogP contribution is 2.23. The standard InChI is InChI=1S/C12H17NO3/c1-7-3-4-9(8(2)5-7)12(16)10(14)6-11(13)15/h3-5,10,12,14,16H,6H2,1-2H3,(H2,13,15). The highest BCUT2D eigenvalue weighted by molar-refractivity contribution is 5.74. The van der Waals surface area contributed by atoms with E-state index < -0.39 is 18.1 Å². The van der Waals surface area contributed by atoms with Crippen molar-refractivity contribution < 1.29 is 15.0 Å². The van der Waals surface area contributed by atoms with Gasteiger partial charge in [-0.25, -0.2) is 0 Å². The molecule has 0 aliphatic carbocycles. The van der Waals surface area contributed by atoms with Crippen molar-refractivity contribution >= 4 is 5.91 Å². The van der Waals surface area contributed by atoms with Crippen LogP contribution in [0.15, 0.2) is 18.2 Å². The highest BCUT2D eigenvalue weighted by atomic mass is 16.3. The molecule has 2 unspecified atom stereocenters. The van der Waals surface area contributed by atoms with Crippen LogP contribution in [0, 0.1) is 13.8 Å². The summed E-state index contributed by atoms with van der Waals surface area (Å²) in [5.41, 5.74) is 7.55. The van der Waals surface area contributed by atoms with Gasteiger partial charge in [0.05, 0.1) is 12.5 Å². The van der Waals surface area contributed by atoms with Gasteiger partial charge in [0.25, 0.3) is 0 Å². The second-order valence-electron chi connectivity index (χ2n) is 4.04. The molecular formula is C12H17NO3. The maximum absolute atomic E-state index is 10.6. The molecule has 16 heavy (non-hydrogen) atoms. The van der Waals surface area contributed by atoms with Crippen molar-refractivity contribution in [1.29, 1.82) is 0 Å². The lowest BCUT2D eigenvalue weighted by atomic mass is 9.96. The van der Waals surface area contributed by atoms with Crippen molar-refractivity contribution in [1.82, 2.24) is 0 Å². The molecule has 0 spiro atoms. The number of benzene rings is 1. The molecule has 1 rings (SSSR count). The second-order valence-corrected chi connectivity index (χ2v) is 4.04. The van der Waals surface area contributed by atoms with Gasteiger partial charge in [-0.2, -0.15) is 0 Å². The third kappa shape index (κ3) is 3.05. The summed E-state index contributed by atoms with van der Waals surface area (Å²) in [6, 6.07) is 5.51. The van der Waals surface area contributed by atoms with E-state index in [1.807, 2.05) is 26.0 Å². The Hall–Kier alpha value is -1.39. The van der Waals surface area contributed by atoms with Gasteiger partial charge in [0, 0.05) is 0 Å². The van der Waals surface area contributed by atoms with Crippen LogP contribution in [0.25, 0.3) is 0 Å². The summed E-state index contributed by atoms with van der Waals surface area (Å²) >= 11 is 0. The lowest BCUT2D eigenvalue weighted by Gasteiger charge is -2.19. The Morgan fingerprint density at radius 3 is 2.50 bits per heavy atom. The second kappa shape index (κ2) is 5.09. The molecule has 0 aliphatic rings. The Kier molecular flexibility index (Phi) is 4.04. The molecule has 1 aromatic carbocycles. The minimum Gasteiger partial charge on any atom is -0.390 e. The third-order valence-electron chi connectivity index (χ3n) is 2.52. The summed E-state index contributed by atoms with van der Waals surface area (Å²) in [5, 5.41) is 19.4. The normalized spacial score (nSPS) is 14.5. The summed E-state index contributed by atoms with van der Waals surface area (Å²) in [5.74, 6) is -0.628. The summed E-state index contributed by atoms with van der Waals surface area (Å²) < 4.78 is 0. The molecule has 0 heterocycles. The number of carbonyl (C=O) groups excluding carboxylic acids is 1. The van der Waals surface area contributed by atoms with Crippen LogP contribution < -0.4 is 5.73 Å². The average molecular weight is 223 g/mol. The number of carbonyl (C=O) groups is 1. The van der Waals surface area contributed by atoms with E-state index in [0.29, 0.717) is 5.56 Å². The summed E-state index contributed by atoms with van der Waals surface area (Å²) in [6.45, 7) is 3.80. The van der Waals surface area contributed by atoms with Crippen molar-refractivity contribution in [3.63, 3.8) is 0 Å². The van der Waals surface area contributed by atoms with Crippen LogP contribution in [-0.4, -0.2) is 22.2 Å². The predicted molar refractivity (Wildman–Crippen MR) is 60.7 cm³/mol. The maximum atomic E-state index is 10.6. The van der Waals surface area contributed by atoms with E-state index in [9.17, 15) is 15.0 Å². The summed E-state index contributed by atoms with van der Waals surface area (Å²) in [7, 11) is 0. The topological polar surface area (TPSA) is 83.6 Å². The fraction of sp³-hybridized carbons (Fsp3) is 0.417. The smallest absolute Gasteiger partial charge is 0.220 e. The van der Waals surface area contributed by atoms with Crippen molar-refractivity contribution in [3.05, 3.63) is 34.9 Å². The summed E-state index contributed by atoms with van der Waals surface area (Å²) in [4.78, 5) is 10.6. The van der Waals surface area contributed by atoms with E-state index in [1.54, 1.807) is 6.07 Å². The molecule has 1 aromatic rings. The fourth-order valence-electron chi connectivity index (χ4n) is 1.68. The molecule has 0 saturated carbocycles. The maximum Gasteiger partial charge on any atom is 0.220 e. The van der Waals surface area contributed by atoms with Gasteiger partial charge in [-0.05, 0) is 25.0 Å². The fourth-order valence-corrected chi connectivity index (χ4v) is 1.68. The first-order chi connectivity index (χ1) is 7.41. The first-order valence-corrected chi connectivity index (χ1v) is 5.13. The zero-order valence-corrected chi connectivity index (χ0v) is 9.47. The van der Waals surface area contributed by atoms with Crippen molar-refractivity contribution in [2.45, 2.75) is 32.5 Å². The molecule has 0 aromatic heterocycles. The van der Waals surface area contributed by atoms with Gasteiger partial charge in [-0.3, -0.25) is 4.79 Å². The van der Waals surface area contributed by atoms with Crippen LogP contribution in [0.2, 0.25) is 0 Å². The third-order valence-corrected chi connectivity index (χ3v) is 2.52. The molecule has 88 valence electrons. The molecule has 4 heteroatoms. The van der Waals surface area contributed by atoms with E-state index in [-0.39, 0.29) is 6.42 Å². The first kappa shape index (κ1) is 12.7. The Morgan fingerprint density at radius 2 is 2.00 bits per heavy atom. The van der Waals surface area contributed by atoms with Crippen LogP contribution in [0.3, 0.4) is 0 Å². The van der Waals surface area contributed by atoms with Gasteiger partial charge in [0.1, 0.15) is 6.10 Å². The van der Waals surface area contributed by atoms with Gasteiger partial charge in [-0.15, -0.1) is 0 Å². The minimum absolute atomic E-state index is 0.242. The Balaban J connectivity index is 2.87. The van der Waals surface area contributed by atoms with Crippen molar-refractivity contribution in [3.8, 4) is 0 Å². The van der Waals surface area contributed by atoms with Crippen LogP contribution in [0.1, 0.15) is 29.2 Å². The highest BCUT2D eigenvalue weighted by Gasteiger charge is 2.21. The Labute approximate surface area is 94.7 Å². The number of nitrogens with two attached hydrogens (primary N) is 1. The molecule has 0 saturated heterocycles. The lowest BCUT2D eigenvalue weighted by Crippen LogP contribution is -2.26. The molecule has 2 atom stereocenters. The van der Waals surface area contributed by atoms with Crippen molar-refractivity contribution in [2.75, 3.05) is 0 Å².